The summed E-state index contributed by atoms with van der Waals surface area (Å²) in [5.74, 6) is -0.888. The van der Waals surface area contributed by atoms with Crippen LogP contribution in [0.5, 0.6) is 0 Å². The predicted molar refractivity (Wildman–Crippen MR) is 78.6 cm³/mol. The fraction of sp³-hybridized carbons (Fsp3) is 0.600. The standard InChI is InChI=1S/C15H21NO3S/c1-10(2)9-16-13(17)7-3-5-11(15(18)19)14(16)12-6-4-8-20-12/h4,6,8,10-11,14H,3,5,7,9H2,1-2H3,(H,18,19). The van der Waals surface area contributed by atoms with Crippen LogP contribution in [0.2, 0.25) is 0 Å². The summed E-state index contributed by atoms with van der Waals surface area (Å²) in [6.07, 6.45) is 1.68. The van der Waals surface area contributed by atoms with Crippen molar-refractivity contribution in [2.24, 2.45) is 11.8 Å². The maximum absolute atomic E-state index is 12.4. The highest BCUT2D eigenvalue weighted by molar-refractivity contribution is 7.10. The fourth-order valence-electron chi connectivity index (χ4n) is 2.83. The molecular weight excluding hydrogens is 274 g/mol. The van der Waals surface area contributed by atoms with Gasteiger partial charge in [0.05, 0.1) is 12.0 Å². The molecule has 1 amide bonds. The van der Waals surface area contributed by atoms with E-state index in [-0.39, 0.29) is 11.9 Å². The van der Waals surface area contributed by atoms with E-state index in [9.17, 15) is 14.7 Å². The number of hydrogen-bond acceptors (Lipinski definition) is 3. The molecule has 4 nitrogen and oxygen atoms in total. The molecule has 20 heavy (non-hydrogen) atoms. The first kappa shape index (κ1) is 15.0. The molecule has 2 atom stereocenters. The van der Waals surface area contributed by atoms with Crippen LogP contribution in [0.15, 0.2) is 17.5 Å². The van der Waals surface area contributed by atoms with E-state index in [1.54, 1.807) is 4.90 Å². The summed E-state index contributed by atoms with van der Waals surface area (Å²) >= 11 is 1.54. The number of thiophene rings is 1. The van der Waals surface area contributed by atoms with Crippen molar-refractivity contribution in [2.75, 3.05) is 6.54 Å². The molecule has 110 valence electrons. The highest BCUT2D eigenvalue weighted by atomic mass is 32.1. The number of carboxylic acid groups (broad SMARTS) is 1. The molecule has 5 heteroatoms. The van der Waals surface area contributed by atoms with Crippen molar-refractivity contribution in [1.82, 2.24) is 4.90 Å². The summed E-state index contributed by atoms with van der Waals surface area (Å²) in [6.45, 7) is 4.73. The molecule has 1 N–H and O–H groups in total. The maximum Gasteiger partial charge on any atom is 0.308 e. The fourth-order valence-corrected chi connectivity index (χ4v) is 3.73. The number of carbonyl (C=O) groups is 2. The average molecular weight is 295 g/mol. The monoisotopic (exact) mass is 295 g/mol. The molecule has 1 aliphatic heterocycles. The Kier molecular flexibility index (Phi) is 4.81. The normalized spacial score (nSPS) is 23.9. The van der Waals surface area contributed by atoms with E-state index in [2.05, 4.69) is 13.8 Å². The van der Waals surface area contributed by atoms with Gasteiger partial charge in [-0.2, -0.15) is 0 Å². The summed E-state index contributed by atoms with van der Waals surface area (Å²) in [7, 11) is 0. The van der Waals surface area contributed by atoms with E-state index in [0.29, 0.717) is 31.7 Å². The molecule has 0 radical (unpaired) electrons. The van der Waals surface area contributed by atoms with Crippen molar-refractivity contribution in [1.29, 1.82) is 0 Å². The van der Waals surface area contributed by atoms with Gasteiger partial charge in [-0.05, 0) is 30.2 Å². The van der Waals surface area contributed by atoms with Gasteiger partial charge < -0.3 is 10.0 Å². The van der Waals surface area contributed by atoms with Crippen LogP contribution in [0, 0.1) is 11.8 Å². The van der Waals surface area contributed by atoms with Crippen LogP contribution in [-0.2, 0) is 9.59 Å². The molecule has 2 unspecified atom stereocenters. The van der Waals surface area contributed by atoms with Gasteiger partial charge in [0.15, 0.2) is 0 Å². The minimum Gasteiger partial charge on any atom is -0.481 e. The number of nitrogens with zero attached hydrogens (tertiary/aromatic N) is 1. The Morgan fingerprint density at radius 3 is 2.85 bits per heavy atom. The number of rotatable bonds is 4. The Balaban J connectivity index is 2.40. The topological polar surface area (TPSA) is 57.6 Å². The molecule has 1 saturated heterocycles. The van der Waals surface area contributed by atoms with Crippen molar-refractivity contribution in [2.45, 2.75) is 39.2 Å². The largest absolute Gasteiger partial charge is 0.481 e. The third-order valence-electron chi connectivity index (χ3n) is 3.66. The van der Waals surface area contributed by atoms with Gasteiger partial charge in [0.1, 0.15) is 0 Å². The molecule has 1 fully saturated rings. The van der Waals surface area contributed by atoms with Crippen molar-refractivity contribution in [3.8, 4) is 0 Å². The third kappa shape index (κ3) is 3.20. The average Bonchev–Trinajstić information content (AvgIpc) is 2.83. The van der Waals surface area contributed by atoms with Gasteiger partial charge in [0.25, 0.3) is 0 Å². The molecule has 1 aromatic heterocycles. The Labute approximate surface area is 123 Å². The lowest BCUT2D eigenvalue weighted by molar-refractivity contribution is -0.146. The molecular formula is C15H21NO3S. The molecule has 0 aromatic carbocycles. The first-order valence-corrected chi connectivity index (χ1v) is 7.94. The summed E-state index contributed by atoms with van der Waals surface area (Å²) in [5, 5.41) is 11.5. The number of likely N-dealkylation sites (tertiary alicyclic amines) is 1. The van der Waals surface area contributed by atoms with E-state index < -0.39 is 11.9 Å². The lowest BCUT2D eigenvalue weighted by Crippen LogP contribution is -2.40. The van der Waals surface area contributed by atoms with Crippen LogP contribution in [0.4, 0.5) is 0 Å². The highest BCUT2D eigenvalue weighted by Crippen LogP contribution is 2.38. The van der Waals surface area contributed by atoms with Crippen LogP contribution >= 0.6 is 11.3 Å². The van der Waals surface area contributed by atoms with E-state index in [4.69, 9.17) is 0 Å². The molecule has 0 bridgehead atoms. The van der Waals surface area contributed by atoms with E-state index in [0.717, 1.165) is 4.88 Å². The van der Waals surface area contributed by atoms with Crippen LogP contribution in [0.1, 0.15) is 44.0 Å². The minimum absolute atomic E-state index is 0.0841. The number of aliphatic carboxylic acids is 1. The Hall–Kier alpha value is -1.36. The maximum atomic E-state index is 12.4. The Morgan fingerprint density at radius 2 is 2.30 bits per heavy atom. The van der Waals surface area contributed by atoms with Gasteiger partial charge in [0.2, 0.25) is 5.91 Å². The zero-order valence-corrected chi connectivity index (χ0v) is 12.7. The van der Waals surface area contributed by atoms with E-state index >= 15 is 0 Å². The Bertz CT molecular complexity index is 469. The highest BCUT2D eigenvalue weighted by Gasteiger charge is 2.39. The first-order valence-electron chi connectivity index (χ1n) is 7.06. The smallest absolute Gasteiger partial charge is 0.308 e. The summed E-state index contributed by atoms with van der Waals surface area (Å²) in [6, 6.07) is 3.55. The molecule has 2 heterocycles. The van der Waals surface area contributed by atoms with Crippen molar-refractivity contribution >= 4 is 23.2 Å². The Morgan fingerprint density at radius 1 is 1.55 bits per heavy atom. The number of amides is 1. The van der Waals surface area contributed by atoms with E-state index in [1.807, 2.05) is 17.5 Å². The van der Waals surface area contributed by atoms with Crippen molar-refractivity contribution < 1.29 is 14.7 Å². The van der Waals surface area contributed by atoms with Crippen LogP contribution in [0.3, 0.4) is 0 Å². The number of carbonyl (C=O) groups excluding carboxylic acids is 1. The summed E-state index contributed by atoms with van der Waals surface area (Å²) in [5.41, 5.74) is 0. The van der Waals surface area contributed by atoms with Gasteiger partial charge in [-0.25, -0.2) is 0 Å². The van der Waals surface area contributed by atoms with Crippen molar-refractivity contribution in [3.63, 3.8) is 0 Å². The SMILES string of the molecule is CC(C)CN1C(=O)CCCC(C(=O)O)C1c1cccs1. The zero-order chi connectivity index (χ0) is 14.7. The number of carboxylic acids is 1. The van der Waals surface area contributed by atoms with Gasteiger partial charge in [0, 0.05) is 17.8 Å². The predicted octanol–water partition coefficient (Wildman–Crippen LogP) is 3.16. The molecule has 1 aliphatic rings. The van der Waals surface area contributed by atoms with Gasteiger partial charge >= 0.3 is 5.97 Å². The quantitative estimate of drug-likeness (QED) is 0.928. The van der Waals surface area contributed by atoms with Gasteiger partial charge in [-0.3, -0.25) is 9.59 Å². The zero-order valence-electron chi connectivity index (χ0n) is 11.9. The second kappa shape index (κ2) is 6.39. The molecule has 1 aromatic rings. The molecule has 0 spiro atoms. The second-order valence-corrected chi connectivity index (χ2v) is 6.72. The first-order chi connectivity index (χ1) is 9.50. The second-order valence-electron chi connectivity index (χ2n) is 5.74. The van der Waals surface area contributed by atoms with Gasteiger partial charge in [-0.15, -0.1) is 11.3 Å². The molecule has 2 rings (SSSR count). The molecule has 0 aliphatic carbocycles. The lowest BCUT2D eigenvalue weighted by Gasteiger charge is -2.34. The van der Waals surface area contributed by atoms with Crippen LogP contribution in [0.25, 0.3) is 0 Å². The molecule has 0 saturated carbocycles. The lowest BCUT2D eigenvalue weighted by atomic mass is 9.93. The third-order valence-corrected chi connectivity index (χ3v) is 4.60. The summed E-state index contributed by atoms with van der Waals surface area (Å²) in [4.78, 5) is 26.8. The minimum atomic E-state index is -0.799. The van der Waals surface area contributed by atoms with Crippen LogP contribution in [-0.4, -0.2) is 28.4 Å². The summed E-state index contributed by atoms with van der Waals surface area (Å²) < 4.78 is 0. The van der Waals surface area contributed by atoms with Crippen LogP contribution < -0.4 is 0 Å². The number of hydrogen-bond donors (Lipinski definition) is 1. The van der Waals surface area contributed by atoms with E-state index in [1.165, 1.54) is 11.3 Å². The van der Waals surface area contributed by atoms with Crippen molar-refractivity contribution in [3.05, 3.63) is 22.4 Å². The van der Waals surface area contributed by atoms with Gasteiger partial charge in [-0.1, -0.05) is 19.9 Å².